The van der Waals surface area contributed by atoms with Crippen LogP contribution in [-0.2, 0) is 16.4 Å². The molecule has 1 aliphatic heterocycles. The van der Waals surface area contributed by atoms with Crippen molar-refractivity contribution < 1.29 is 13.2 Å². The number of carbonyl (C=O) groups excluding carboxylic acids is 1. The van der Waals surface area contributed by atoms with Crippen molar-refractivity contribution in [3.63, 3.8) is 0 Å². The van der Waals surface area contributed by atoms with Gasteiger partial charge in [-0.3, -0.25) is 4.79 Å². The van der Waals surface area contributed by atoms with E-state index in [0.29, 0.717) is 17.7 Å². The maximum atomic E-state index is 12.9. The molecule has 0 spiro atoms. The van der Waals surface area contributed by atoms with Gasteiger partial charge >= 0.3 is 0 Å². The Kier molecular flexibility index (Phi) is 4.03. The van der Waals surface area contributed by atoms with E-state index < -0.39 is 10.0 Å². The van der Waals surface area contributed by atoms with Crippen LogP contribution < -0.4 is 10.0 Å². The Hall–Kier alpha value is -1.70. The third-order valence-electron chi connectivity index (χ3n) is 3.95. The van der Waals surface area contributed by atoms with Gasteiger partial charge in [0.25, 0.3) is 5.91 Å². The molecule has 120 valence electrons. The first-order valence-electron chi connectivity index (χ1n) is 7.01. The summed E-state index contributed by atoms with van der Waals surface area (Å²) in [5, 5.41) is 5.16. The molecule has 0 aliphatic carbocycles. The van der Waals surface area contributed by atoms with Crippen LogP contribution in [0.25, 0.3) is 0 Å². The number of nitrogens with zero attached hydrogens (tertiary/aromatic N) is 1. The highest BCUT2D eigenvalue weighted by Gasteiger charge is 2.27. The number of halogens is 1. The zero-order valence-electron chi connectivity index (χ0n) is 12.4. The smallest absolute Gasteiger partial charge is 0.258 e. The minimum atomic E-state index is -3.84. The Morgan fingerprint density at radius 2 is 1.96 bits per heavy atom. The molecular formula is C16H15BrN2O3S. The number of anilines is 1. The number of nitrogens with two attached hydrogens (primary N) is 1. The molecule has 1 aliphatic rings. The Bertz CT molecular complexity index is 910. The van der Waals surface area contributed by atoms with Gasteiger partial charge in [-0.25, -0.2) is 13.6 Å². The molecule has 2 aromatic rings. The molecule has 1 amide bonds. The summed E-state index contributed by atoms with van der Waals surface area (Å²) in [6.07, 6.45) is 0.772. The summed E-state index contributed by atoms with van der Waals surface area (Å²) in [7, 11) is -3.84. The van der Waals surface area contributed by atoms with E-state index in [4.69, 9.17) is 5.14 Å². The standard InChI is InChI=1S/C16H15BrN2O3S/c1-10-2-4-13(23(18,21)22)9-14(10)16(20)19-7-6-11-8-12(17)3-5-15(11)19/h2-5,8-9H,6-7H2,1H3,(H2,18,21,22). The van der Waals surface area contributed by atoms with Crippen LogP contribution in [0.4, 0.5) is 5.69 Å². The summed E-state index contributed by atoms with van der Waals surface area (Å²) in [5.41, 5.74) is 3.02. The van der Waals surface area contributed by atoms with E-state index in [0.717, 1.165) is 22.1 Å². The lowest BCUT2D eigenvalue weighted by molar-refractivity contribution is 0.0988. The summed E-state index contributed by atoms with van der Waals surface area (Å²) in [4.78, 5) is 14.5. The number of amides is 1. The number of hydrogen-bond donors (Lipinski definition) is 1. The maximum absolute atomic E-state index is 12.9. The topological polar surface area (TPSA) is 80.5 Å². The van der Waals surface area contributed by atoms with E-state index in [2.05, 4.69) is 15.9 Å². The number of rotatable bonds is 2. The van der Waals surface area contributed by atoms with Crippen molar-refractivity contribution in [2.45, 2.75) is 18.2 Å². The summed E-state index contributed by atoms with van der Waals surface area (Å²) >= 11 is 3.43. The van der Waals surface area contributed by atoms with Gasteiger partial charge in [0.15, 0.2) is 0 Å². The van der Waals surface area contributed by atoms with Gasteiger partial charge in [-0.15, -0.1) is 0 Å². The van der Waals surface area contributed by atoms with Crippen molar-refractivity contribution in [1.82, 2.24) is 0 Å². The van der Waals surface area contributed by atoms with Gasteiger partial charge in [-0.05, 0) is 54.8 Å². The van der Waals surface area contributed by atoms with Crippen molar-refractivity contribution in [2.75, 3.05) is 11.4 Å². The van der Waals surface area contributed by atoms with Crippen LogP contribution in [0, 0.1) is 6.92 Å². The molecule has 0 saturated heterocycles. The normalized spacial score (nSPS) is 14.0. The van der Waals surface area contributed by atoms with Crippen molar-refractivity contribution in [3.05, 3.63) is 57.6 Å². The quantitative estimate of drug-likeness (QED) is 0.849. The van der Waals surface area contributed by atoms with Crippen molar-refractivity contribution in [3.8, 4) is 0 Å². The Morgan fingerprint density at radius 3 is 2.65 bits per heavy atom. The number of hydrogen-bond acceptors (Lipinski definition) is 3. The highest BCUT2D eigenvalue weighted by atomic mass is 79.9. The van der Waals surface area contributed by atoms with Crippen LogP contribution in [0.1, 0.15) is 21.5 Å². The van der Waals surface area contributed by atoms with Crippen molar-refractivity contribution in [2.24, 2.45) is 5.14 Å². The molecule has 0 fully saturated rings. The second-order valence-corrected chi connectivity index (χ2v) is 7.98. The molecule has 0 unspecified atom stereocenters. The predicted octanol–water partition coefficient (Wildman–Crippen LogP) is 2.61. The fourth-order valence-corrected chi connectivity index (χ4v) is 3.68. The lowest BCUT2D eigenvalue weighted by atomic mass is 10.1. The molecule has 5 nitrogen and oxygen atoms in total. The first kappa shape index (κ1) is 16.2. The average molecular weight is 395 g/mol. The van der Waals surface area contributed by atoms with E-state index in [9.17, 15) is 13.2 Å². The molecule has 0 bridgehead atoms. The third kappa shape index (κ3) is 3.04. The van der Waals surface area contributed by atoms with Crippen molar-refractivity contribution in [1.29, 1.82) is 0 Å². The van der Waals surface area contributed by atoms with Crippen LogP contribution >= 0.6 is 15.9 Å². The van der Waals surface area contributed by atoms with Gasteiger partial charge in [-0.2, -0.15) is 0 Å². The largest absolute Gasteiger partial charge is 0.308 e. The number of primary sulfonamides is 1. The molecule has 3 rings (SSSR count). The third-order valence-corrected chi connectivity index (χ3v) is 5.35. The van der Waals surface area contributed by atoms with E-state index in [1.54, 1.807) is 17.9 Å². The highest BCUT2D eigenvalue weighted by Crippen LogP contribution is 2.32. The molecule has 0 saturated carbocycles. The van der Waals surface area contributed by atoms with Crippen LogP contribution in [0.2, 0.25) is 0 Å². The van der Waals surface area contributed by atoms with E-state index >= 15 is 0 Å². The fraction of sp³-hybridized carbons (Fsp3) is 0.188. The molecular weight excluding hydrogens is 380 g/mol. The molecule has 0 radical (unpaired) electrons. The van der Waals surface area contributed by atoms with E-state index in [-0.39, 0.29) is 10.8 Å². The Balaban J connectivity index is 2.03. The van der Waals surface area contributed by atoms with E-state index in [1.165, 1.54) is 12.1 Å². The SMILES string of the molecule is Cc1ccc(S(N)(=O)=O)cc1C(=O)N1CCc2cc(Br)ccc21. The van der Waals surface area contributed by atoms with Crippen LogP contribution in [-0.4, -0.2) is 20.9 Å². The zero-order chi connectivity index (χ0) is 16.8. The van der Waals surface area contributed by atoms with Gasteiger partial charge in [0, 0.05) is 22.3 Å². The monoisotopic (exact) mass is 394 g/mol. The molecule has 0 aromatic heterocycles. The zero-order valence-corrected chi connectivity index (χ0v) is 14.8. The molecule has 1 heterocycles. The number of sulfonamides is 1. The van der Waals surface area contributed by atoms with E-state index in [1.807, 2.05) is 18.2 Å². The molecule has 23 heavy (non-hydrogen) atoms. The fourth-order valence-electron chi connectivity index (χ4n) is 2.74. The summed E-state index contributed by atoms with van der Waals surface area (Å²) in [6, 6.07) is 10.1. The van der Waals surface area contributed by atoms with Gasteiger partial charge in [0.1, 0.15) is 0 Å². The maximum Gasteiger partial charge on any atom is 0.258 e. The highest BCUT2D eigenvalue weighted by molar-refractivity contribution is 9.10. The number of aryl methyl sites for hydroxylation is 1. The molecule has 7 heteroatoms. The lowest BCUT2D eigenvalue weighted by Crippen LogP contribution is -2.29. The summed E-state index contributed by atoms with van der Waals surface area (Å²) in [6.45, 7) is 2.35. The molecule has 2 aromatic carbocycles. The summed E-state index contributed by atoms with van der Waals surface area (Å²) in [5.74, 6) is -0.214. The Morgan fingerprint density at radius 1 is 1.22 bits per heavy atom. The molecule has 2 N–H and O–H groups in total. The van der Waals surface area contributed by atoms with Gasteiger partial charge in [0.2, 0.25) is 10.0 Å². The van der Waals surface area contributed by atoms with Gasteiger partial charge in [0.05, 0.1) is 4.90 Å². The summed E-state index contributed by atoms with van der Waals surface area (Å²) < 4.78 is 24.0. The van der Waals surface area contributed by atoms with Gasteiger partial charge < -0.3 is 4.90 Å². The first-order valence-corrected chi connectivity index (χ1v) is 9.35. The predicted molar refractivity (Wildman–Crippen MR) is 92.1 cm³/mol. The van der Waals surface area contributed by atoms with Crippen LogP contribution in [0.15, 0.2) is 45.8 Å². The number of benzene rings is 2. The second-order valence-electron chi connectivity index (χ2n) is 5.50. The van der Waals surface area contributed by atoms with Crippen LogP contribution in [0.3, 0.4) is 0 Å². The average Bonchev–Trinajstić information content (AvgIpc) is 2.88. The lowest BCUT2D eigenvalue weighted by Gasteiger charge is -2.19. The Labute approximate surface area is 143 Å². The minimum Gasteiger partial charge on any atom is -0.308 e. The van der Waals surface area contributed by atoms with Crippen LogP contribution in [0.5, 0.6) is 0 Å². The van der Waals surface area contributed by atoms with Gasteiger partial charge in [-0.1, -0.05) is 22.0 Å². The second kappa shape index (κ2) is 5.74. The van der Waals surface area contributed by atoms with Crippen molar-refractivity contribution >= 4 is 37.5 Å². The molecule has 0 atom stereocenters. The number of fused-ring (bicyclic) bond motifs is 1. The first-order chi connectivity index (χ1) is 10.8. The minimum absolute atomic E-state index is 0.0540. The number of carbonyl (C=O) groups is 1.